The minimum Gasteiger partial charge on any atom is -0.314 e. The molecule has 0 amide bonds. The Hall–Kier alpha value is -0.970. The molecule has 1 aromatic heterocycles. The van der Waals surface area contributed by atoms with Crippen molar-refractivity contribution in [3.8, 4) is 0 Å². The molecule has 1 aliphatic carbocycles. The van der Waals surface area contributed by atoms with Crippen molar-refractivity contribution in [1.82, 2.24) is 25.5 Å². The number of aromatic nitrogens is 4. The Labute approximate surface area is 103 Å². The highest BCUT2D eigenvalue weighted by molar-refractivity contribution is 4.85. The lowest BCUT2D eigenvalue weighted by Gasteiger charge is -2.19. The Balaban J connectivity index is 1.90. The number of nitrogens with one attached hydrogen (secondary N) is 1. The van der Waals surface area contributed by atoms with E-state index in [-0.39, 0.29) is 0 Å². The van der Waals surface area contributed by atoms with Crippen LogP contribution in [0, 0.1) is 5.92 Å². The van der Waals surface area contributed by atoms with Gasteiger partial charge in [0.1, 0.15) is 0 Å². The summed E-state index contributed by atoms with van der Waals surface area (Å²) < 4.78 is 0. The van der Waals surface area contributed by atoms with Gasteiger partial charge >= 0.3 is 0 Å². The maximum Gasteiger partial charge on any atom is 0.175 e. The summed E-state index contributed by atoms with van der Waals surface area (Å²) in [6.07, 6.45) is 7.55. The van der Waals surface area contributed by atoms with E-state index in [0.29, 0.717) is 12.0 Å². The van der Waals surface area contributed by atoms with E-state index in [1.165, 1.54) is 32.1 Å². The first-order chi connectivity index (χ1) is 8.28. The zero-order chi connectivity index (χ0) is 12.1. The van der Waals surface area contributed by atoms with Gasteiger partial charge in [0.15, 0.2) is 5.82 Å². The van der Waals surface area contributed by atoms with Gasteiger partial charge in [0.2, 0.25) is 0 Å². The summed E-state index contributed by atoms with van der Waals surface area (Å²) >= 11 is 0. The standard InChI is InChI=1S/C12H23N5/c1-3-13-11-7-5-4-6-10(8-11)9-12-14-16-17(2)15-12/h10-11,13H,3-9H2,1-2H3. The summed E-state index contributed by atoms with van der Waals surface area (Å²) in [5, 5.41) is 15.9. The maximum absolute atomic E-state index is 4.28. The quantitative estimate of drug-likeness (QED) is 0.802. The molecule has 1 aromatic rings. The average Bonchev–Trinajstić information content (AvgIpc) is 2.58. The SMILES string of the molecule is CCNC1CCCCC(Cc2nnn(C)n2)C1. The molecule has 1 saturated carbocycles. The molecular weight excluding hydrogens is 214 g/mol. The summed E-state index contributed by atoms with van der Waals surface area (Å²) in [5.74, 6) is 1.61. The molecule has 2 atom stereocenters. The number of nitrogens with zero attached hydrogens (tertiary/aromatic N) is 4. The number of rotatable bonds is 4. The zero-order valence-corrected chi connectivity index (χ0v) is 10.9. The molecule has 0 saturated heterocycles. The van der Waals surface area contributed by atoms with Gasteiger partial charge < -0.3 is 5.32 Å². The van der Waals surface area contributed by atoms with Crippen LogP contribution in [0.15, 0.2) is 0 Å². The van der Waals surface area contributed by atoms with Gasteiger partial charge in [-0.25, -0.2) is 0 Å². The van der Waals surface area contributed by atoms with Gasteiger partial charge in [0.05, 0.1) is 7.05 Å². The third kappa shape index (κ3) is 3.77. The molecule has 1 N–H and O–H groups in total. The predicted molar refractivity (Wildman–Crippen MR) is 66.5 cm³/mol. The molecule has 5 heteroatoms. The van der Waals surface area contributed by atoms with E-state index >= 15 is 0 Å². The van der Waals surface area contributed by atoms with E-state index in [1.54, 1.807) is 4.80 Å². The number of hydrogen-bond donors (Lipinski definition) is 1. The Morgan fingerprint density at radius 3 is 2.88 bits per heavy atom. The van der Waals surface area contributed by atoms with Crippen LogP contribution in [-0.2, 0) is 13.5 Å². The fourth-order valence-corrected chi connectivity index (χ4v) is 2.78. The van der Waals surface area contributed by atoms with Crippen molar-refractivity contribution in [2.45, 2.75) is 51.5 Å². The fourth-order valence-electron chi connectivity index (χ4n) is 2.78. The van der Waals surface area contributed by atoms with Crippen LogP contribution in [0.5, 0.6) is 0 Å². The second-order valence-corrected chi connectivity index (χ2v) is 5.04. The van der Waals surface area contributed by atoms with E-state index in [1.807, 2.05) is 7.05 Å². The second kappa shape index (κ2) is 6.10. The van der Waals surface area contributed by atoms with E-state index in [2.05, 4.69) is 27.7 Å². The fraction of sp³-hybridized carbons (Fsp3) is 0.917. The molecule has 1 heterocycles. The van der Waals surface area contributed by atoms with Gasteiger partial charge in [0, 0.05) is 12.5 Å². The van der Waals surface area contributed by atoms with Crippen molar-refractivity contribution in [3.63, 3.8) is 0 Å². The van der Waals surface area contributed by atoms with Crippen LogP contribution >= 0.6 is 0 Å². The van der Waals surface area contributed by atoms with Crippen molar-refractivity contribution in [3.05, 3.63) is 5.82 Å². The molecular formula is C12H23N5. The summed E-state index contributed by atoms with van der Waals surface area (Å²) in [5.41, 5.74) is 0. The Kier molecular flexibility index (Phi) is 4.48. The lowest BCUT2D eigenvalue weighted by atomic mass is 9.94. The monoisotopic (exact) mass is 237 g/mol. The van der Waals surface area contributed by atoms with Crippen LogP contribution in [0.25, 0.3) is 0 Å². The largest absolute Gasteiger partial charge is 0.314 e. The minimum absolute atomic E-state index is 0.684. The molecule has 0 aromatic carbocycles. The molecule has 0 bridgehead atoms. The summed E-state index contributed by atoms with van der Waals surface area (Å²) in [6, 6.07) is 0.684. The van der Waals surface area contributed by atoms with Crippen LogP contribution in [0.1, 0.15) is 44.9 Å². The Bertz CT molecular complexity index is 335. The van der Waals surface area contributed by atoms with Crippen molar-refractivity contribution in [2.75, 3.05) is 6.54 Å². The van der Waals surface area contributed by atoms with Crippen molar-refractivity contribution in [2.24, 2.45) is 13.0 Å². The number of hydrogen-bond acceptors (Lipinski definition) is 4. The summed E-state index contributed by atoms with van der Waals surface area (Å²) in [7, 11) is 1.82. The van der Waals surface area contributed by atoms with Gasteiger partial charge in [-0.1, -0.05) is 19.8 Å². The normalized spacial score (nSPS) is 25.8. The lowest BCUT2D eigenvalue weighted by molar-refractivity contribution is 0.384. The third-order valence-electron chi connectivity index (χ3n) is 3.55. The second-order valence-electron chi connectivity index (χ2n) is 5.04. The van der Waals surface area contributed by atoms with Crippen LogP contribution in [-0.4, -0.2) is 32.8 Å². The summed E-state index contributed by atoms with van der Waals surface area (Å²) in [4.78, 5) is 1.55. The molecule has 96 valence electrons. The van der Waals surface area contributed by atoms with E-state index in [0.717, 1.165) is 18.8 Å². The Morgan fingerprint density at radius 2 is 2.18 bits per heavy atom. The molecule has 1 fully saturated rings. The molecule has 0 radical (unpaired) electrons. The van der Waals surface area contributed by atoms with Crippen molar-refractivity contribution >= 4 is 0 Å². The van der Waals surface area contributed by atoms with Gasteiger partial charge in [-0.2, -0.15) is 4.80 Å². The van der Waals surface area contributed by atoms with Crippen LogP contribution in [0.3, 0.4) is 0 Å². The van der Waals surface area contributed by atoms with Crippen LogP contribution in [0.2, 0.25) is 0 Å². The highest BCUT2D eigenvalue weighted by atomic mass is 15.6. The first-order valence-corrected chi connectivity index (χ1v) is 6.74. The van der Waals surface area contributed by atoms with E-state index in [9.17, 15) is 0 Å². The molecule has 2 unspecified atom stereocenters. The topological polar surface area (TPSA) is 55.6 Å². The highest BCUT2D eigenvalue weighted by Gasteiger charge is 2.21. The highest BCUT2D eigenvalue weighted by Crippen LogP contribution is 2.25. The van der Waals surface area contributed by atoms with Crippen molar-refractivity contribution in [1.29, 1.82) is 0 Å². The molecule has 5 nitrogen and oxygen atoms in total. The number of tetrazole rings is 1. The Morgan fingerprint density at radius 1 is 1.35 bits per heavy atom. The minimum atomic E-state index is 0.684. The predicted octanol–water partition coefficient (Wildman–Crippen LogP) is 1.31. The van der Waals surface area contributed by atoms with E-state index < -0.39 is 0 Å². The molecule has 17 heavy (non-hydrogen) atoms. The molecule has 0 spiro atoms. The van der Waals surface area contributed by atoms with Gasteiger partial charge in [-0.3, -0.25) is 0 Å². The van der Waals surface area contributed by atoms with Gasteiger partial charge in [-0.05, 0) is 36.9 Å². The first-order valence-electron chi connectivity index (χ1n) is 6.74. The van der Waals surface area contributed by atoms with Crippen molar-refractivity contribution < 1.29 is 0 Å². The molecule has 1 aliphatic rings. The van der Waals surface area contributed by atoms with Crippen LogP contribution in [0.4, 0.5) is 0 Å². The summed E-state index contributed by atoms with van der Waals surface area (Å²) in [6.45, 7) is 3.25. The third-order valence-corrected chi connectivity index (χ3v) is 3.55. The first kappa shape index (κ1) is 12.5. The molecule has 0 aliphatic heterocycles. The smallest absolute Gasteiger partial charge is 0.175 e. The number of aryl methyl sites for hydroxylation is 1. The van der Waals surface area contributed by atoms with E-state index in [4.69, 9.17) is 0 Å². The lowest BCUT2D eigenvalue weighted by Crippen LogP contribution is -2.30. The molecule has 2 rings (SSSR count). The van der Waals surface area contributed by atoms with Crippen LogP contribution < -0.4 is 5.32 Å². The average molecular weight is 237 g/mol. The van der Waals surface area contributed by atoms with Gasteiger partial charge in [0.25, 0.3) is 0 Å². The van der Waals surface area contributed by atoms with Gasteiger partial charge in [-0.15, -0.1) is 10.2 Å². The zero-order valence-electron chi connectivity index (χ0n) is 10.9. The maximum atomic E-state index is 4.28.